The first kappa shape index (κ1) is 23.6. The van der Waals surface area contributed by atoms with Crippen LogP contribution in [0.2, 0.25) is 5.02 Å². The molecule has 1 heterocycles. The fourth-order valence-corrected chi connectivity index (χ4v) is 4.87. The number of amides is 3. The van der Waals surface area contributed by atoms with Gasteiger partial charge in [-0.15, -0.1) is 0 Å². The molecule has 2 aliphatic rings. The summed E-state index contributed by atoms with van der Waals surface area (Å²) in [6.45, 7) is 7.37. The van der Waals surface area contributed by atoms with Gasteiger partial charge in [0.25, 0.3) is 5.91 Å². The summed E-state index contributed by atoms with van der Waals surface area (Å²) in [4.78, 5) is 42.7. The van der Waals surface area contributed by atoms with E-state index < -0.39 is 6.04 Å². The molecule has 1 aromatic carbocycles. The van der Waals surface area contributed by atoms with Gasteiger partial charge in [-0.3, -0.25) is 14.4 Å². The summed E-state index contributed by atoms with van der Waals surface area (Å²) in [5.41, 5.74) is 0.360. The Balaban J connectivity index is 1.63. The number of carbonyl (C=O) groups is 3. The van der Waals surface area contributed by atoms with Gasteiger partial charge in [-0.05, 0) is 37.8 Å². The number of benzene rings is 1. The van der Waals surface area contributed by atoms with Crippen LogP contribution in [-0.2, 0) is 9.59 Å². The highest BCUT2D eigenvalue weighted by atomic mass is 35.5. The fraction of sp³-hybridized carbons (Fsp3) is 0.625. The van der Waals surface area contributed by atoms with Crippen LogP contribution < -0.4 is 5.32 Å². The summed E-state index contributed by atoms with van der Waals surface area (Å²) >= 11 is 6.15. The van der Waals surface area contributed by atoms with Crippen molar-refractivity contribution in [3.8, 4) is 0 Å². The number of hydrogen-bond donors (Lipinski definition) is 1. The van der Waals surface area contributed by atoms with Crippen molar-refractivity contribution >= 4 is 29.3 Å². The number of hydrogen-bond acceptors (Lipinski definition) is 3. The van der Waals surface area contributed by atoms with Gasteiger partial charge in [0.05, 0.1) is 10.6 Å². The normalized spacial score (nSPS) is 21.1. The van der Waals surface area contributed by atoms with Gasteiger partial charge in [-0.1, -0.05) is 56.8 Å². The molecule has 1 aliphatic heterocycles. The molecule has 6 nitrogen and oxygen atoms in total. The van der Waals surface area contributed by atoms with Crippen molar-refractivity contribution in [2.24, 2.45) is 11.8 Å². The zero-order valence-corrected chi connectivity index (χ0v) is 19.5. The first-order valence-corrected chi connectivity index (χ1v) is 11.8. The molecule has 2 atom stereocenters. The topological polar surface area (TPSA) is 69.7 Å². The van der Waals surface area contributed by atoms with E-state index in [4.69, 9.17) is 11.6 Å². The molecule has 0 aromatic heterocycles. The number of piperazine rings is 1. The zero-order valence-electron chi connectivity index (χ0n) is 18.8. The van der Waals surface area contributed by atoms with Gasteiger partial charge in [0.1, 0.15) is 6.04 Å². The molecule has 1 N–H and O–H groups in total. The maximum Gasteiger partial charge on any atom is 0.253 e. The molecule has 7 heteroatoms. The van der Waals surface area contributed by atoms with Crippen molar-refractivity contribution < 1.29 is 14.4 Å². The van der Waals surface area contributed by atoms with Crippen LogP contribution >= 0.6 is 11.6 Å². The summed E-state index contributed by atoms with van der Waals surface area (Å²) in [6, 6.07) is 6.15. The molecule has 3 rings (SSSR count). The van der Waals surface area contributed by atoms with E-state index in [-0.39, 0.29) is 35.6 Å². The minimum Gasteiger partial charge on any atom is -0.340 e. The quantitative estimate of drug-likeness (QED) is 0.747. The smallest absolute Gasteiger partial charge is 0.253 e. The van der Waals surface area contributed by atoms with E-state index in [0.29, 0.717) is 30.2 Å². The average molecular weight is 448 g/mol. The summed E-state index contributed by atoms with van der Waals surface area (Å²) < 4.78 is 0. The Morgan fingerprint density at radius 1 is 1.06 bits per heavy atom. The van der Waals surface area contributed by atoms with Crippen molar-refractivity contribution in [2.75, 3.05) is 19.6 Å². The highest BCUT2D eigenvalue weighted by Crippen LogP contribution is 2.27. The van der Waals surface area contributed by atoms with Crippen LogP contribution in [0.15, 0.2) is 24.3 Å². The second-order valence-corrected chi connectivity index (χ2v) is 9.58. The third-order valence-electron chi connectivity index (χ3n) is 6.51. The van der Waals surface area contributed by atoms with Gasteiger partial charge < -0.3 is 15.1 Å². The Kier molecular flexibility index (Phi) is 7.98. The number of nitrogens with zero attached hydrogens (tertiary/aromatic N) is 2. The molecule has 3 amide bonds. The van der Waals surface area contributed by atoms with Crippen LogP contribution in [0.5, 0.6) is 0 Å². The first-order chi connectivity index (χ1) is 14.8. The number of nitrogens with one attached hydrogen (secondary N) is 1. The minimum absolute atomic E-state index is 0.0285. The third kappa shape index (κ3) is 5.59. The van der Waals surface area contributed by atoms with E-state index >= 15 is 0 Å². The molecular formula is C24H34ClN3O3. The molecule has 1 aliphatic carbocycles. The molecule has 2 unspecified atom stereocenters. The number of carbonyl (C=O) groups excluding carboxylic acids is 3. The minimum atomic E-state index is -0.642. The van der Waals surface area contributed by atoms with Crippen molar-refractivity contribution in [2.45, 2.75) is 65.0 Å². The predicted octanol–water partition coefficient (Wildman–Crippen LogP) is 3.73. The Morgan fingerprint density at radius 3 is 2.35 bits per heavy atom. The molecule has 2 fully saturated rings. The Bertz CT molecular complexity index is 807. The number of rotatable bonds is 5. The first-order valence-electron chi connectivity index (χ1n) is 11.4. The summed E-state index contributed by atoms with van der Waals surface area (Å²) in [7, 11) is 0. The van der Waals surface area contributed by atoms with Crippen LogP contribution in [0.25, 0.3) is 0 Å². The van der Waals surface area contributed by atoms with Crippen molar-refractivity contribution in [1.29, 1.82) is 0 Å². The van der Waals surface area contributed by atoms with Gasteiger partial charge in [0.15, 0.2) is 0 Å². The molecule has 0 radical (unpaired) electrons. The molecule has 1 saturated carbocycles. The molecule has 1 aromatic rings. The lowest BCUT2D eigenvalue weighted by Gasteiger charge is -2.43. The maximum absolute atomic E-state index is 13.3. The van der Waals surface area contributed by atoms with Crippen LogP contribution in [0.3, 0.4) is 0 Å². The van der Waals surface area contributed by atoms with E-state index in [9.17, 15) is 14.4 Å². The Hall–Kier alpha value is -2.08. The lowest BCUT2D eigenvalue weighted by atomic mass is 9.87. The highest BCUT2D eigenvalue weighted by Gasteiger charge is 2.36. The van der Waals surface area contributed by atoms with Crippen LogP contribution in [-0.4, -0.2) is 59.2 Å². The van der Waals surface area contributed by atoms with Crippen molar-refractivity contribution in [3.63, 3.8) is 0 Å². The summed E-state index contributed by atoms with van der Waals surface area (Å²) in [5, 5.41) is 3.24. The molecule has 31 heavy (non-hydrogen) atoms. The van der Waals surface area contributed by atoms with Gasteiger partial charge >= 0.3 is 0 Å². The lowest BCUT2D eigenvalue weighted by Crippen LogP contribution is -2.60. The Morgan fingerprint density at radius 2 is 1.74 bits per heavy atom. The van der Waals surface area contributed by atoms with Gasteiger partial charge in [-0.2, -0.15) is 0 Å². The maximum atomic E-state index is 13.3. The van der Waals surface area contributed by atoms with Gasteiger partial charge in [-0.25, -0.2) is 0 Å². The van der Waals surface area contributed by atoms with Crippen LogP contribution in [0.4, 0.5) is 0 Å². The van der Waals surface area contributed by atoms with Crippen LogP contribution in [0, 0.1) is 11.8 Å². The molecule has 1 saturated heterocycles. The van der Waals surface area contributed by atoms with Gasteiger partial charge in [0.2, 0.25) is 11.8 Å². The highest BCUT2D eigenvalue weighted by molar-refractivity contribution is 6.33. The standard InChI is InChI=1S/C24H34ClN3O3/c1-16(2)21(26-22(29)19-11-7-8-12-20(19)25)24(31)27-13-14-28(17(3)15-27)23(30)18-9-5-4-6-10-18/h7-8,11-12,16-18,21H,4-6,9-10,13-15H2,1-3H3,(H,26,29). The van der Waals surface area contributed by atoms with E-state index in [0.717, 1.165) is 25.7 Å². The number of halogens is 1. The lowest BCUT2D eigenvalue weighted by molar-refractivity contribution is -0.147. The second-order valence-electron chi connectivity index (χ2n) is 9.17. The van der Waals surface area contributed by atoms with Crippen LogP contribution in [0.1, 0.15) is 63.2 Å². The SMILES string of the molecule is CC(C)C(NC(=O)c1ccccc1Cl)C(=O)N1CCN(C(=O)C2CCCCC2)C(C)C1. The van der Waals surface area contributed by atoms with E-state index in [1.807, 2.05) is 25.7 Å². The fourth-order valence-electron chi connectivity index (χ4n) is 4.64. The van der Waals surface area contributed by atoms with E-state index in [1.54, 1.807) is 29.2 Å². The Labute approximate surface area is 190 Å². The van der Waals surface area contributed by atoms with E-state index in [2.05, 4.69) is 5.32 Å². The van der Waals surface area contributed by atoms with Crippen molar-refractivity contribution in [3.05, 3.63) is 34.9 Å². The largest absolute Gasteiger partial charge is 0.340 e. The average Bonchev–Trinajstić information content (AvgIpc) is 2.77. The molecule has 170 valence electrons. The summed E-state index contributed by atoms with van der Waals surface area (Å²) in [5.74, 6) is -0.150. The second kappa shape index (κ2) is 10.5. The monoisotopic (exact) mass is 447 g/mol. The predicted molar refractivity (Wildman–Crippen MR) is 122 cm³/mol. The van der Waals surface area contributed by atoms with Crippen molar-refractivity contribution in [1.82, 2.24) is 15.1 Å². The third-order valence-corrected chi connectivity index (χ3v) is 6.84. The molecule has 0 bridgehead atoms. The zero-order chi connectivity index (χ0) is 22.5. The summed E-state index contributed by atoms with van der Waals surface area (Å²) in [6.07, 6.45) is 5.44. The molecule has 0 spiro atoms. The van der Waals surface area contributed by atoms with Gasteiger partial charge in [0, 0.05) is 31.6 Å². The molecular weight excluding hydrogens is 414 g/mol. The van der Waals surface area contributed by atoms with E-state index in [1.165, 1.54) is 6.42 Å².